The molecule has 1 unspecified atom stereocenters. The zero-order valence-electron chi connectivity index (χ0n) is 17.7. The second-order valence-corrected chi connectivity index (χ2v) is 8.70. The summed E-state index contributed by atoms with van der Waals surface area (Å²) in [6.45, 7) is 6.54. The monoisotopic (exact) mass is 410 g/mol. The summed E-state index contributed by atoms with van der Waals surface area (Å²) >= 11 is 0. The van der Waals surface area contributed by atoms with Crippen LogP contribution in [0.2, 0.25) is 0 Å². The van der Waals surface area contributed by atoms with Gasteiger partial charge in [0.1, 0.15) is 22.5 Å². The number of aromatic nitrogens is 2. The van der Waals surface area contributed by atoms with Crippen molar-refractivity contribution in [1.29, 1.82) is 0 Å². The van der Waals surface area contributed by atoms with E-state index >= 15 is 0 Å². The fourth-order valence-corrected chi connectivity index (χ4v) is 4.04. The maximum Gasteiger partial charge on any atom is 0.410 e. The van der Waals surface area contributed by atoms with Crippen LogP contribution in [0.4, 0.5) is 10.6 Å². The molecule has 8 heteroatoms. The number of carbonyl (C=O) groups is 2. The first-order valence-corrected chi connectivity index (χ1v) is 9.98. The molecule has 1 spiro atoms. The number of nitrogens with zero attached hydrogens (tertiary/aromatic N) is 4. The molecule has 30 heavy (non-hydrogen) atoms. The van der Waals surface area contributed by atoms with Gasteiger partial charge in [-0.15, -0.1) is 0 Å². The van der Waals surface area contributed by atoms with Gasteiger partial charge in [0.05, 0.1) is 13.7 Å². The quantitative estimate of drug-likeness (QED) is 0.774. The summed E-state index contributed by atoms with van der Waals surface area (Å²) < 4.78 is 10.7. The van der Waals surface area contributed by atoms with Gasteiger partial charge in [0.25, 0.3) is 0 Å². The van der Waals surface area contributed by atoms with E-state index in [1.165, 1.54) is 0 Å². The first-order valence-electron chi connectivity index (χ1n) is 9.98. The molecule has 0 radical (unpaired) electrons. The van der Waals surface area contributed by atoms with Crippen LogP contribution in [0.25, 0.3) is 0 Å². The van der Waals surface area contributed by atoms with E-state index in [0.29, 0.717) is 31.0 Å². The SMILES string of the molecule is COc1ccc(CN2C(=O)C3(CCN(C(=O)OC(C)(C)C)C3)c3nccnc32)cc1. The van der Waals surface area contributed by atoms with Gasteiger partial charge in [0.2, 0.25) is 5.91 Å². The third-order valence-corrected chi connectivity index (χ3v) is 5.46. The van der Waals surface area contributed by atoms with Gasteiger partial charge in [-0.2, -0.15) is 0 Å². The maximum absolute atomic E-state index is 13.6. The van der Waals surface area contributed by atoms with E-state index in [1.807, 2.05) is 45.0 Å². The molecule has 2 amide bonds. The van der Waals surface area contributed by atoms with Gasteiger partial charge in [-0.3, -0.25) is 14.7 Å². The molecule has 1 aromatic heterocycles. The number of hydrogen-bond donors (Lipinski definition) is 0. The van der Waals surface area contributed by atoms with Crippen molar-refractivity contribution in [2.75, 3.05) is 25.1 Å². The highest BCUT2D eigenvalue weighted by Gasteiger charge is 2.57. The Kier molecular flexibility index (Phi) is 4.88. The van der Waals surface area contributed by atoms with Gasteiger partial charge in [-0.1, -0.05) is 12.1 Å². The number of anilines is 1. The van der Waals surface area contributed by atoms with E-state index in [1.54, 1.807) is 29.3 Å². The molecule has 2 aliphatic rings. The van der Waals surface area contributed by atoms with Crippen molar-refractivity contribution < 1.29 is 19.1 Å². The molecule has 1 fully saturated rings. The van der Waals surface area contributed by atoms with Crippen LogP contribution in [-0.2, 0) is 21.5 Å². The van der Waals surface area contributed by atoms with Crippen molar-refractivity contribution in [1.82, 2.24) is 14.9 Å². The lowest BCUT2D eigenvalue weighted by molar-refractivity contribution is -0.123. The Morgan fingerprint density at radius 3 is 2.53 bits per heavy atom. The van der Waals surface area contributed by atoms with Gasteiger partial charge in [0, 0.05) is 25.5 Å². The number of likely N-dealkylation sites (tertiary alicyclic amines) is 1. The molecule has 0 saturated carbocycles. The molecule has 2 aromatic rings. The molecular formula is C22H26N4O4. The highest BCUT2D eigenvalue weighted by atomic mass is 16.6. The summed E-state index contributed by atoms with van der Waals surface area (Å²) in [7, 11) is 1.62. The minimum Gasteiger partial charge on any atom is -0.497 e. The van der Waals surface area contributed by atoms with E-state index < -0.39 is 17.1 Å². The number of carbonyl (C=O) groups excluding carboxylic acids is 2. The van der Waals surface area contributed by atoms with Crippen molar-refractivity contribution in [3.63, 3.8) is 0 Å². The fourth-order valence-electron chi connectivity index (χ4n) is 4.04. The molecule has 1 saturated heterocycles. The summed E-state index contributed by atoms with van der Waals surface area (Å²) in [6, 6.07) is 7.58. The van der Waals surface area contributed by atoms with Crippen molar-refractivity contribution in [3.8, 4) is 5.75 Å². The first kappa shape index (κ1) is 20.1. The largest absolute Gasteiger partial charge is 0.497 e. The number of methoxy groups -OCH3 is 1. The molecule has 0 aliphatic carbocycles. The Labute approximate surface area is 175 Å². The Bertz CT molecular complexity index is 970. The average molecular weight is 410 g/mol. The topological polar surface area (TPSA) is 84.9 Å². The van der Waals surface area contributed by atoms with Crippen LogP contribution in [0.5, 0.6) is 5.75 Å². The van der Waals surface area contributed by atoms with Gasteiger partial charge in [-0.05, 0) is 44.9 Å². The predicted octanol–water partition coefficient (Wildman–Crippen LogP) is 2.91. The molecule has 8 nitrogen and oxygen atoms in total. The van der Waals surface area contributed by atoms with Crippen molar-refractivity contribution in [3.05, 3.63) is 47.9 Å². The summed E-state index contributed by atoms with van der Waals surface area (Å²) in [4.78, 5) is 38.4. The number of benzene rings is 1. The summed E-state index contributed by atoms with van der Waals surface area (Å²) in [6.07, 6.45) is 3.27. The minimum absolute atomic E-state index is 0.0782. The Morgan fingerprint density at radius 1 is 1.17 bits per heavy atom. The Balaban J connectivity index is 1.61. The zero-order chi connectivity index (χ0) is 21.5. The van der Waals surface area contributed by atoms with Gasteiger partial charge < -0.3 is 14.4 Å². The van der Waals surface area contributed by atoms with Crippen LogP contribution >= 0.6 is 0 Å². The fraction of sp³-hybridized carbons (Fsp3) is 0.455. The number of hydrogen-bond acceptors (Lipinski definition) is 6. The van der Waals surface area contributed by atoms with Crippen molar-refractivity contribution in [2.45, 2.75) is 44.8 Å². The number of ether oxygens (including phenoxy) is 2. The third kappa shape index (κ3) is 3.46. The van der Waals surface area contributed by atoms with Crippen molar-refractivity contribution in [2.24, 2.45) is 0 Å². The van der Waals surface area contributed by atoms with Gasteiger partial charge in [-0.25, -0.2) is 9.78 Å². The molecule has 1 atom stereocenters. The van der Waals surface area contributed by atoms with Crippen LogP contribution in [0.3, 0.4) is 0 Å². The lowest BCUT2D eigenvalue weighted by atomic mass is 9.84. The predicted molar refractivity (Wildman–Crippen MR) is 110 cm³/mol. The summed E-state index contributed by atoms with van der Waals surface area (Å²) in [5, 5.41) is 0. The Morgan fingerprint density at radius 2 is 1.87 bits per heavy atom. The minimum atomic E-state index is -0.882. The second-order valence-electron chi connectivity index (χ2n) is 8.70. The normalized spacial score (nSPS) is 20.6. The molecule has 158 valence electrons. The molecule has 4 rings (SSSR count). The zero-order valence-corrected chi connectivity index (χ0v) is 17.7. The van der Waals surface area contributed by atoms with Crippen molar-refractivity contribution >= 4 is 17.8 Å². The average Bonchev–Trinajstić information content (AvgIpc) is 3.25. The van der Waals surface area contributed by atoms with Gasteiger partial charge >= 0.3 is 6.09 Å². The number of rotatable bonds is 3. The lowest BCUT2D eigenvalue weighted by Gasteiger charge is -2.26. The highest BCUT2D eigenvalue weighted by Crippen LogP contribution is 2.45. The number of fused-ring (bicyclic) bond motifs is 2. The molecular weight excluding hydrogens is 384 g/mol. The smallest absolute Gasteiger partial charge is 0.410 e. The molecule has 2 aliphatic heterocycles. The van der Waals surface area contributed by atoms with E-state index in [2.05, 4.69) is 9.97 Å². The standard InChI is InChI=1S/C22H26N4O4/c1-21(2,3)30-20(28)25-12-9-22(14-25)17-18(24-11-10-23-17)26(19(22)27)13-15-5-7-16(29-4)8-6-15/h5-8,10-11H,9,12-14H2,1-4H3. The molecule has 0 bridgehead atoms. The van der Waals surface area contributed by atoms with Crippen LogP contribution < -0.4 is 9.64 Å². The molecule has 0 N–H and O–H groups in total. The van der Waals surface area contributed by atoms with E-state index in [4.69, 9.17) is 9.47 Å². The van der Waals surface area contributed by atoms with E-state index in [0.717, 1.165) is 11.3 Å². The van der Waals surface area contributed by atoms with Crippen LogP contribution in [0, 0.1) is 0 Å². The summed E-state index contributed by atoms with van der Waals surface area (Å²) in [5.74, 6) is 1.24. The number of amides is 2. The molecule has 3 heterocycles. The highest BCUT2D eigenvalue weighted by molar-refractivity contribution is 6.07. The Hall–Kier alpha value is -3.16. The molecule has 1 aromatic carbocycles. The van der Waals surface area contributed by atoms with Crippen LogP contribution in [0.15, 0.2) is 36.7 Å². The maximum atomic E-state index is 13.6. The van der Waals surface area contributed by atoms with Gasteiger partial charge in [0.15, 0.2) is 5.82 Å². The summed E-state index contributed by atoms with van der Waals surface area (Å²) in [5.41, 5.74) is 0.117. The lowest BCUT2D eigenvalue weighted by Crippen LogP contribution is -2.44. The van der Waals surface area contributed by atoms with Crippen LogP contribution in [0.1, 0.15) is 38.4 Å². The van der Waals surface area contributed by atoms with Crippen LogP contribution in [-0.4, -0.2) is 52.7 Å². The third-order valence-electron chi connectivity index (χ3n) is 5.46. The first-order chi connectivity index (χ1) is 14.2. The van der Waals surface area contributed by atoms with E-state index in [-0.39, 0.29) is 12.5 Å². The van der Waals surface area contributed by atoms with E-state index in [9.17, 15) is 9.59 Å². The second kappa shape index (κ2) is 7.27.